The average molecular weight is 383 g/mol. The minimum Gasteiger partial charge on any atom is -0.443 e. The number of benzene rings is 1. The molecule has 3 heterocycles. The van der Waals surface area contributed by atoms with Crippen LogP contribution in [0.4, 0.5) is 0 Å². The molecule has 27 heavy (non-hydrogen) atoms. The molecule has 2 aromatic heterocycles. The zero-order valence-corrected chi connectivity index (χ0v) is 15.7. The number of amides is 1. The van der Waals surface area contributed by atoms with Gasteiger partial charge >= 0.3 is 0 Å². The first-order valence-electron chi connectivity index (χ1n) is 8.90. The van der Waals surface area contributed by atoms with E-state index in [1.807, 2.05) is 24.3 Å². The van der Waals surface area contributed by atoms with Crippen molar-refractivity contribution in [3.05, 3.63) is 76.5 Å². The van der Waals surface area contributed by atoms with Gasteiger partial charge in [0.15, 0.2) is 0 Å². The van der Waals surface area contributed by atoms with Crippen LogP contribution >= 0.6 is 11.6 Å². The molecular formula is C20H19ClN4O2. The van der Waals surface area contributed by atoms with Crippen molar-refractivity contribution >= 4 is 17.5 Å². The van der Waals surface area contributed by atoms with Gasteiger partial charge in [0.1, 0.15) is 23.3 Å². The Morgan fingerprint density at radius 1 is 1.30 bits per heavy atom. The summed E-state index contributed by atoms with van der Waals surface area (Å²) >= 11 is 6.23. The summed E-state index contributed by atoms with van der Waals surface area (Å²) < 4.78 is 5.97. The maximum atomic E-state index is 12.9. The molecule has 1 aliphatic heterocycles. The second kappa shape index (κ2) is 7.48. The Hall–Kier alpha value is -2.73. The van der Waals surface area contributed by atoms with Gasteiger partial charge in [-0.1, -0.05) is 29.8 Å². The molecule has 1 aliphatic rings. The summed E-state index contributed by atoms with van der Waals surface area (Å²) in [6, 6.07) is 9.13. The van der Waals surface area contributed by atoms with Crippen molar-refractivity contribution in [1.29, 1.82) is 0 Å². The van der Waals surface area contributed by atoms with E-state index in [0.717, 1.165) is 24.2 Å². The Morgan fingerprint density at radius 3 is 2.96 bits per heavy atom. The maximum Gasteiger partial charge on any atom is 0.273 e. The van der Waals surface area contributed by atoms with Crippen LogP contribution in [-0.4, -0.2) is 32.3 Å². The zero-order valence-electron chi connectivity index (χ0n) is 14.9. The lowest BCUT2D eigenvalue weighted by Gasteiger charge is -2.21. The minimum atomic E-state index is -0.173. The van der Waals surface area contributed by atoms with E-state index in [1.54, 1.807) is 30.3 Å². The standard InChI is InChI=1S/C20H19ClN4O2/c1-13-22-9-8-17(24-13)20(26)25-10-4-7-18(25)19-23-12-15(27-19)11-14-5-2-3-6-16(14)21/h2-3,5-6,8-9,12,18H,4,7,10-11H2,1H3/t18-/m0/s1. The number of aryl methyl sites for hydroxylation is 1. The zero-order chi connectivity index (χ0) is 18.8. The van der Waals surface area contributed by atoms with Crippen LogP contribution in [0.1, 0.15) is 52.4 Å². The Balaban J connectivity index is 1.53. The molecule has 0 radical (unpaired) electrons. The number of carbonyl (C=O) groups is 1. The van der Waals surface area contributed by atoms with Crippen LogP contribution in [0.25, 0.3) is 0 Å². The fourth-order valence-electron chi connectivity index (χ4n) is 3.38. The van der Waals surface area contributed by atoms with Crippen LogP contribution in [0.3, 0.4) is 0 Å². The number of aromatic nitrogens is 3. The van der Waals surface area contributed by atoms with Crippen molar-refractivity contribution in [2.75, 3.05) is 6.54 Å². The molecule has 0 spiro atoms. The molecule has 7 heteroatoms. The molecule has 1 fully saturated rings. The Bertz CT molecular complexity index is 972. The highest BCUT2D eigenvalue weighted by molar-refractivity contribution is 6.31. The maximum absolute atomic E-state index is 12.9. The van der Waals surface area contributed by atoms with E-state index < -0.39 is 0 Å². The van der Waals surface area contributed by atoms with Gasteiger partial charge in [-0.15, -0.1) is 0 Å². The summed E-state index contributed by atoms with van der Waals surface area (Å²) in [5.41, 5.74) is 1.38. The van der Waals surface area contributed by atoms with Crippen LogP contribution in [0.5, 0.6) is 0 Å². The molecule has 1 aromatic carbocycles. The number of rotatable bonds is 4. The molecule has 1 saturated heterocycles. The highest BCUT2D eigenvalue weighted by Gasteiger charge is 2.34. The van der Waals surface area contributed by atoms with Crippen LogP contribution in [0.15, 0.2) is 47.1 Å². The van der Waals surface area contributed by atoms with Gasteiger partial charge in [-0.25, -0.2) is 15.0 Å². The summed E-state index contributed by atoms with van der Waals surface area (Å²) in [4.78, 5) is 27.4. The SMILES string of the molecule is Cc1nccc(C(=O)N2CCC[C@H]2c2ncc(Cc3ccccc3Cl)o2)n1. The highest BCUT2D eigenvalue weighted by atomic mass is 35.5. The van der Waals surface area contributed by atoms with Crippen LogP contribution < -0.4 is 0 Å². The molecule has 0 unspecified atom stereocenters. The number of carbonyl (C=O) groups excluding carboxylic acids is 1. The van der Waals surface area contributed by atoms with E-state index in [4.69, 9.17) is 16.0 Å². The first-order chi connectivity index (χ1) is 13.1. The number of hydrogen-bond acceptors (Lipinski definition) is 5. The molecule has 1 amide bonds. The summed E-state index contributed by atoms with van der Waals surface area (Å²) in [6.45, 7) is 2.43. The predicted molar refractivity (Wildman–Crippen MR) is 101 cm³/mol. The highest BCUT2D eigenvalue weighted by Crippen LogP contribution is 2.33. The Labute approximate surface area is 162 Å². The lowest BCUT2D eigenvalue weighted by molar-refractivity contribution is 0.0708. The van der Waals surface area contributed by atoms with Crippen molar-refractivity contribution in [3.63, 3.8) is 0 Å². The molecular weight excluding hydrogens is 364 g/mol. The summed E-state index contributed by atoms with van der Waals surface area (Å²) in [6.07, 6.45) is 5.62. The minimum absolute atomic E-state index is 0.117. The van der Waals surface area contributed by atoms with Crippen molar-refractivity contribution in [2.45, 2.75) is 32.2 Å². The number of nitrogens with zero attached hydrogens (tertiary/aromatic N) is 4. The van der Waals surface area contributed by atoms with E-state index in [9.17, 15) is 4.79 Å². The van der Waals surface area contributed by atoms with Crippen molar-refractivity contribution < 1.29 is 9.21 Å². The largest absolute Gasteiger partial charge is 0.443 e. The van der Waals surface area contributed by atoms with Gasteiger partial charge in [0, 0.05) is 24.2 Å². The lowest BCUT2D eigenvalue weighted by atomic mass is 10.1. The van der Waals surface area contributed by atoms with Gasteiger partial charge in [-0.3, -0.25) is 4.79 Å². The molecule has 3 aromatic rings. The second-order valence-corrected chi connectivity index (χ2v) is 6.99. The smallest absolute Gasteiger partial charge is 0.273 e. The molecule has 0 aliphatic carbocycles. The third-order valence-corrected chi connectivity index (χ3v) is 5.06. The fourth-order valence-corrected chi connectivity index (χ4v) is 3.58. The number of likely N-dealkylation sites (tertiary alicyclic amines) is 1. The molecule has 4 rings (SSSR count). The van der Waals surface area contributed by atoms with Crippen molar-refractivity contribution in [1.82, 2.24) is 19.9 Å². The molecule has 138 valence electrons. The van der Waals surface area contributed by atoms with Crippen LogP contribution in [-0.2, 0) is 6.42 Å². The predicted octanol–water partition coefficient (Wildman–Crippen LogP) is 3.99. The second-order valence-electron chi connectivity index (χ2n) is 6.58. The molecule has 6 nitrogen and oxygen atoms in total. The third kappa shape index (κ3) is 3.71. The number of hydrogen-bond donors (Lipinski definition) is 0. The van der Waals surface area contributed by atoms with Crippen molar-refractivity contribution in [2.24, 2.45) is 0 Å². The quantitative estimate of drug-likeness (QED) is 0.682. The van der Waals surface area contributed by atoms with Crippen LogP contribution in [0, 0.1) is 6.92 Å². The van der Waals surface area contributed by atoms with Gasteiger partial charge in [0.25, 0.3) is 5.91 Å². The first-order valence-corrected chi connectivity index (χ1v) is 9.28. The van der Waals surface area contributed by atoms with Gasteiger partial charge < -0.3 is 9.32 Å². The topological polar surface area (TPSA) is 72.1 Å². The normalized spacial score (nSPS) is 16.7. The van der Waals surface area contributed by atoms with E-state index in [0.29, 0.717) is 35.4 Å². The molecule has 0 saturated carbocycles. The van der Waals surface area contributed by atoms with E-state index in [2.05, 4.69) is 15.0 Å². The van der Waals surface area contributed by atoms with Gasteiger partial charge in [0.05, 0.1) is 6.20 Å². The Morgan fingerprint density at radius 2 is 2.15 bits per heavy atom. The first kappa shape index (κ1) is 17.7. The fraction of sp³-hybridized carbons (Fsp3) is 0.300. The third-order valence-electron chi connectivity index (χ3n) is 4.69. The molecule has 1 atom stereocenters. The van der Waals surface area contributed by atoms with E-state index in [1.165, 1.54) is 0 Å². The summed E-state index contributed by atoms with van der Waals surface area (Å²) in [5, 5.41) is 0.701. The molecule has 0 N–H and O–H groups in total. The van der Waals surface area contributed by atoms with E-state index >= 15 is 0 Å². The monoisotopic (exact) mass is 382 g/mol. The van der Waals surface area contributed by atoms with E-state index in [-0.39, 0.29) is 11.9 Å². The van der Waals surface area contributed by atoms with Crippen LogP contribution in [0.2, 0.25) is 5.02 Å². The summed E-state index contributed by atoms with van der Waals surface area (Å²) in [5.74, 6) is 1.76. The van der Waals surface area contributed by atoms with Gasteiger partial charge in [-0.05, 0) is 37.5 Å². The van der Waals surface area contributed by atoms with Crippen molar-refractivity contribution in [3.8, 4) is 0 Å². The molecule has 0 bridgehead atoms. The Kier molecular flexibility index (Phi) is 4.90. The average Bonchev–Trinajstić information content (AvgIpc) is 3.32. The number of oxazole rings is 1. The summed E-state index contributed by atoms with van der Waals surface area (Å²) in [7, 11) is 0. The lowest BCUT2D eigenvalue weighted by Crippen LogP contribution is -2.31. The van der Waals surface area contributed by atoms with Gasteiger partial charge in [-0.2, -0.15) is 0 Å². The number of halogens is 1. The van der Waals surface area contributed by atoms with Gasteiger partial charge in [0.2, 0.25) is 5.89 Å².